The van der Waals surface area contributed by atoms with Crippen LogP contribution in [0.4, 0.5) is 13.2 Å². The van der Waals surface area contributed by atoms with Crippen molar-refractivity contribution >= 4 is 23.7 Å². The van der Waals surface area contributed by atoms with Crippen molar-refractivity contribution in [2.75, 3.05) is 13.8 Å². The van der Waals surface area contributed by atoms with Crippen LogP contribution in [-0.2, 0) is 19.1 Å². The van der Waals surface area contributed by atoms with Gasteiger partial charge in [-0.05, 0) is 45.0 Å². The van der Waals surface area contributed by atoms with Crippen molar-refractivity contribution in [3.63, 3.8) is 0 Å². The molecule has 3 rings (SSSR count). The molecule has 1 unspecified atom stereocenters. The van der Waals surface area contributed by atoms with Gasteiger partial charge in [-0.2, -0.15) is 0 Å². The molecule has 180 valence electrons. The Labute approximate surface area is 200 Å². The van der Waals surface area contributed by atoms with Crippen molar-refractivity contribution in [3.05, 3.63) is 82.2 Å². The number of benzene rings is 2. The summed E-state index contributed by atoms with van der Waals surface area (Å²) in [6.45, 7) is 3.61. The van der Waals surface area contributed by atoms with Crippen molar-refractivity contribution in [3.8, 4) is 0 Å². The minimum atomic E-state index is -1.47. The molecule has 2 aromatic rings. The quantitative estimate of drug-likeness (QED) is 0.522. The topological polar surface area (TPSA) is 64.6 Å². The molecular formula is C25H24F3NO4S. The third-order valence-electron chi connectivity index (χ3n) is 5.09. The molecule has 0 aliphatic carbocycles. The number of halogens is 3. The number of carbonyl (C=O) groups excluding carboxylic acids is 2. The minimum Gasteiger partial charge on any atom is -0.466 e. The molecule has 0 amide bonds. The van der Waals surface area contributed by atoms with E-state index in [0.29, 0.717) is 4.90 Å². The fourth-order valence-corrected chi connectivity index (χ4v) is 4.74. The van der Waals surface area contributed by atoms with Crippen LogP contribution in [0, 0.1) is 11.6 Å². The zero-order valence-electron chi connectivity index (χ0n) is 19.1. The lowest BCUT2D eigenvalue weighted by Crippen LogP contribution is -2.35. The highest BCUT2D eigenvalue weighted by atomic mass is 32.2. The number of methoxy groups -OCH3 is 1. The zero-order valence-corrected chi connectivity index (χ0v) is 19.9. The van der Waals surface area contributed by atoms with Gasteiger partial charge in [-0.3, -0.25) is 0 Å². The molecule has 0 saturated heterocycles. The summed E-state index contributed by atoms with van der Waals surface area (Å²) in [4.78, 5) is 26.4. The van der Waals surface area contributed by atoms with Gasteiger partial charge in [-0.1, -0.05) is 30.0 Å². The van der Waals surface area contributed by atoms with Crippen LogP contribution in [0.15, 0.2) is 74.8 Å². The van der Waals surface area contributed by atoms with Crippen molar-refractivity contribution in [1.82, 2.24) is 5.32 Å². The van der Waals surface area contributed by atoms with Crippen molar-refractivity contribution in [1.29, 1.82) is 0 Å². The number of nitrogens with one attached hydrogen (secondary N) is 1. The van der Waals surface area contributed by atoms with Gasteiger partial charge in [0, 0.05) is 16.2 Å². The summed E-state index contributed by atoms with van der Waals surface area (Å²) in [6.07, 6.45) is -0.530. The zero-order chi connectivity index (χ0) is 25.0. The smallest absolute Gasteiger partial charge is 0.337 e. The molecular weight excluding hydrogens is 467 g/mol. The molecule has 2 aromatic carbocycles. The van der Waals surface area contributed by atoms with Gasteiger partial charge < -0.3 is 14.8 Å². The molecule has 0 fully saturated rings. The first kappa shape index (κ1) is 25.4. The van der Waals surface area contributed by atoms with Gasteiger partial charge in [0.25, 0.3) is 0 Å². The Morgan fingerprint density at radius 1 is 1.03 bits per heavy atom. The van der Waals surface area contributed by atoms with E-state index in [0.717, 1.165) is 31.0 Å². The lowest BCUT2D eigenvalue weighted by atomic mass is 9.80. The average molecular weight is 492 g/mol. The summed E-state index contributed by atoms with van der Waals surface area (Å²) in [5, 5.41) is 2.70. The predicted octanol–water partition coefficient (Wildman–Crippen LogP) is 5.43. The first-order valence-electron chi connectivity index (χ1n) is 10.5. The highest BCUT2D eigenvalue weighted by Gasteiger charge is 2.42. The van der Waals surface area contributed by atoms with Crippen LogP contribution < -0.4 is 5.32 Å². The average Bonchev–Trinajstić information content (AvgIpc) is 2.80. The van der Waals surface area contributed by atoms with Crippen LogP contribution in [0.2, 0.25) is 0 Å². The van der Waals surface area contributed by atoms with Crippen LogP contribution in [0.25, 0.3) is 0 Å². The molecule has 5 nitrogen and oxygen atoms in total. The Kier molecular flexibility index (Phi) is 8.09. The highest BCUT2D eigenvalue weighted by Crippen LogP contribution is 2.46. The van der Waals surface area contributed by atoms with E-state index < -0.39 is 42.3 Å². The van der Waals surface area contributed by atoms with E-state index in [1.54, 1.807) is 44.2 Å². The van der Waals surface area contributed by atoms with Gasteiger partial charge in [0.1, 0.15) is 18.3 Å². The number of allylic oxidation sites excluding steroid dienone is 2. The van der Waals surface area contributed by atoms with Crippen LogP contribution in [0.5, 0.6) is 0 Å². The fourth-order valence-electron chi connectivity index (χ4n) is 3.72. The molecule has 1 N–H and O–H groups in total. The Morgan fingerprint density at radius 3 is 2.26 bits per heavy atom. The second-order valence-electron chi connectivity index (χ2n) is 7.76. The van der Waals surface area contributed by atoms with Crippen molar-refractivity contribution in [2.45, 2.75) is 42.6 Å². The molecule has 0 aromatic heterocycles. The van der Waals surface area contributed by atoms with E-state index in [9.17, 15) is 14.0 Å². The Bertz CT molecular complexity index is 1160. The second kappa shape index (κ2) is 10.8. The van der Waals surface area contributed by atoms with Gasteiger partial charge in [0.05, 0.1) is 40.9 Å². The molecule has 34 heavy (non-hydrogen) atoms. The van der Waals surface area contributed by atoms with Gasteiger partial charge in [0.2, 0.25) is 0 Å². The first-order valence-corrected chi connectivity index (χ1v) is 11.3. The second-order valence-corrected chi connectivity index (χ2v) is 8.84. The van der Waals surface area contributed by atoms with E-state index in [-0.39, 0.29) is 33.0 Å². The summed E-state index contributed by atoms with van der Waals surface area (Å²) in [7, 11) is 1.08. The monoisotopic (exact) mass is 491 g/mol. The fraction of sp³-hybridized carbons (Fsp3) is 0.280. The number of dihydropyridines is 1. The maximum Gasteiger partial charge on any atom is 0.337 e. The lowest BCUT2D eigenvalue weighted by Gasteiger charge is -2.32. The molecule has 9 heteroatoms. The molecule has 1 heterocycles. The van der Waals surface area contributed by atoms with Crippen LogP contribution >= 0.6 is 11.8 Å². The summed E-state index contributed by atoms with van der Waals surface area (Å²) >= 11 is 0.929. The summed E-state index contributed by atoms with van der Waals surface area (Å²) in [6, 6.07) is 10.5. The van der Waals surface area contributed by atoms with Gasteiger partial charge >= 0.3 is 11.9 Å². The van der Waals surface area contributed by atoms with Gasteiger partial charge in [-0.15, -0.1) is 0 Å². The lowest BCUT2D eigenvalue weighted by molar-refractivity contribution is -0.143. The standard InChI is InChI=1S/C25H24F3NO4S/c1-13(2)33-25(31)19-14(3)29-18(12-26)21(24(30)32-4)22(19)20-16(27)10-11-17(28)23(20)34-15-8-6-5-7-9-15/h5-11,13,22,29H,12H2,1-4H3. The number of ether oxygens (including phenoxy) is 2. The number of hydrogen-bond donors (Lipinski definition) is 1. The summed E-state index contributed by atoms with van der Waals surface area (Å²) < 4.78 is 54.8. The largest absolute Gasteiger partial charge is 0.466 e. The normalized spacial score (nSPS) is 15.9. The minimum absolute atomic E-state index is 0.134. The highest BCUT2D eigenvalue weighted by molar-refractivity contribution is 7.99. The maximum atomic E-state index is 15.5. The molecule has 1 aliphatic rings. The van der Waals surface area contributed by atoms with Crippen LogP contribution in [0.3, 0.4) is 0 Å². The summed E-state index contributed by atoms with van der Waals surface area (Å²) in [5.41, 5.74) is -0.779. The Hall–Kier alpha value is -3.20. The van der Waals surface area contributed by atoms with Crippen molar-refractivity contribution in [2.24, 2.45) is 0 Å². The van der Waals surface area contributed by atoms with E-state index in [2.05, 4.69) is 5.32 Å². The van der Waals surface area contributed by atoms with E-state index in [1.807, 2.05) is 0 Å². The molecule has 0 spiro atoms. The molecule has 0 radical (unpaired) electrons. The molecule has 0 bridgehead atoms. The summed E-state index contributed by atoms with van der Waals surface area (Å²) in [5.74, 6) is -4.92. The SMILES string of the molecule is COC(=O)C1=C(CF)NC(C)=C(C(=O)OC(C)C)C1c1c(F)ccc(F)c1Sc1ccccc1. The number of rotatable bonds is 7. The molecule has 1 aliphatic heterocycles. The van der Waals surface area contributed by atoms with E-state index in [4.69, 9.17) is 9.47 Å². The third kappa shape index (κ3) is 5.14. The maximum absolute atomic E-state index is 15.5. The number of esters is 2. The van der Waals surface area contributed by atoms with Crippen LogP contribution in [0.1, 0.15) is 32.3 Å². The number of alkyl halides is 1. The number of hydrogen-bond acceptors (Lipinski definition) is 6. The first-order chi connectivity index (χ1) is 16.2. The third-order valence-corrected chi connectivity index (χ3v) is 6.22. The predicted molar refractivity (Wildman–Crippen MR) is 122 cm³/mol. The molecule has 0 saturated carbocycles. The van der Waals surface area contributed by atoms with E-state index >= 15 is 8.78 Å². The van der Waals surface area contributed by atoms with Crippen molar-refractivity contribution < 1.29 is 32.2 Å². The van der Waals surface area contributed by atoms with Gasteiger partial charge in [-0.25, -0.2) is 22.8 Å². The molecule has 1 atom stereocenters. The Balaban J connectivity index is 2.33. The Morgan fingerprint density at radius 2 is 1.68 bits per heavy atom. The number of carbonyl (C=O) groups is 2. The van der Waals surface area contributed by atoms with E-state index in [1.165, 1.54) is 6.92 Å². The van der Waals surface area contributed by atoms with Gasteiger partial charge in [0.15, 0.2) is 0 Å². The van der Waals surface area contributed by atoms with Crippen LogP contribution in [-0.4, -0.2) is 31.8 Å².